The van der Waals surface area contributed by atoms with E-state index in [4.69, 9.17) is 19.2 Å². The van der Waals surface area contributed by atoms with E-state index in [1.54, 1.807) is 30.3 Å². The number of para-hydroxylation sites is 1. The molecule has 39 heavy (non-hydrogen) atoms. The SMILES string of the molecule is CCCCOc1ccc(C(=O)Oc2ccc3ccc4c(c3c2)N=CC2(O4)N(C)c3ccccc3C2(C)C)cc1. The Balaban J connectivity index is 1.27. The van der Waals surface area contributed by atoms with Crippen molar-refractivity contribution in [1.82, 2.24) is 0 Å². The molecular weight excluding hydrogens is 488 g/mol. The van der Waals surface area contributed by atoms with Crippen LogP contribution in [0.25, 0.3) is 10.8 Å². The van der Waals surface area contributed by atoms with Crippen LogP contribution in [-0.4, -0.2) is 31.6 Å². The minimum Gasteiger partial charge on any atom is -0.494 e. The molecule has 0 N–H and O–H groups in total. The molecule has 6 heteroatoms. The number of likely N-dealkylation sites (N-methyl/N-ethyl adjacent to an activating group) is 1. The van der Waals surface area contributed by atoms with Crippen LogP contribution >= 0.6 is 0 Å². The molecule has 2 heterocycles. The van der Waals surface area contributed by atoms with Crippen LogP contribution in [0, 0.1) is 0 Å². The number of aliphatic imine (C=N–C) groups is 1. The number of unbranched alkanes of at least 4 members (excludes halogenated alkanes) is 1. The molecule has 4 aromatic carbocycles. The second kappa shape index (κ2) is 9.45. The number of esters is 1. The Morgan fingerprint density at radius 1 is 0.974 bits per heavy atom. The molecule has 0 amide bonds. The van der Waals surface area contributed by atoms with Gasteiger partial charge in [-0.25, -0.2) is 4.79 Å². The zero-order valence-electron chi connectivity index (χ0n) is 22.7. The third kappa shape index (κ3) is 4.02. The Morgan fingerprint density at radius 3 is 2.49 bits per heavy atom. The average molecular weight is 521 g/mol. The minimum atomic E-state index is -0.756. The number of ether oxygens (including phenoxy) is 3. The van der Waals surface area contributed by atoms with Crippen LogP contribution in [0.5, 0.6) is 17.2 Å². The molecular formula is C33H32N2O4. The predicted octanol–water partition coefficient (Wildman–Crippen LogP) is 7.46. The van der Waals surface area contributed by atoms with Gasteiger partial charge < -0.3 is 19.1 Å². The highest BCUT2D eigenvalue weighted by Crippen LogP contribution is 2.54. The molecule has 0 fully saturated rings. The predicted molar refractivity (Wildman–Crippen MR) is 155 cm³/mol. The first kappa shape index (κ1) is 25.0. The fraction of sp³-hybridized carbons (Fsp3) is 0.273. The number of hydrogen-bond donors (Lipinski definition) is 0. The Hall–Kier alpha value is -4.32. The summed E-state index contributed by atoms with van der Waals surface area (Å²) in [5, 5.41) is 1.85. The molecule has 0 saturated carbocycles. The zero-order valence-corrected chi connectivity index (χ0v) is 22.7. The molecule has 0 aromatic heterocycles. The Bertz CT molecular complexity index is 1590. The van der Waals surface area contributed by atoms with Crippen molar-refractivity contribution >= 4 is 34.3 Å². The number of benzene rings is 4. The molecule has 0 aliphatic carbocycles. The molecule has 2 aliphatic heterocycles. The molecule has 1 atom stereocenters. The molecule has 4 aromatic rings. The standard InChI is InChI=1S/C33H32N2O4/c1-5-6-19-37-24-15-12-23(13-16-24)31(36)38-25-17-11-22-14-18-29-30(26(22)20-25)34-21-33(39-29)32(2,3)27-9-7-8-10-28(27)35(33)4/h7-18,20-21H,5-6,19H2,1-4H3. The number of hydrogen-bond acceptors (Lipinski definition) is 6. The molecule has 0 saturated heterocycles. The lowest BCUT2D eigenvalue weighted by Crippen LogP contribution is -2.61. The molecule has 6 nitrogen and oxygen atoms in total. The second-order valence-corrected chi connectivity index (χ2v) is 10.7. The van der Waals surface area contributed by atoms with Gasteiger partial charge in [-0.15, -0.1) is 0 Å². The van der Waals surface area contributed by atoms with Gasteiger partial charge in [0.05, 0.1) is 23.8 Å². The summed E-state index contributed by atoms with van der Waals surface area (Å²) in [6, 6.07) is 25.0. The van der Waals surface area contributed by atoms with Crippen LogP contribution in [0.2, 0.25) is 0 Å². The maximum Gasteiger partial charge on any atom is 0.343 e. The van der Waals surface area contributed by atoms with Gasteiger partial charge in [0.1, 0.15) is 22.9 Å². The fourth-order valence-electron chi connectivity index (χ4n) is 5.61. The molecule has 1 spiro atoms. The van der Waals surface area contributed by atoms with Crippen LogP contribution in [-0.2, 0) is 5.41 Å². The largest absolute Gasteiger partial charge is 0.494 e. The van der Waals surface area contributed by atoms with Gasteiger partial charge in [-0.2, -0.15) is 0 Å². The molecule has 2 aliphatic rings. The van der Waals surface area contributed by atoms with Crippen LogP contribution in [0.1, 0.15) is 49.5 Å². The normalized spacial score (nSPS) is 18.5. The summed E-state index contributed by atoms with van der Waals surface area (Å²) in [4.78, 5) is 20.0. The van der Waals surface area contributed by atoms with Crippen LogP contribution < -0.4 is 19.1 Å². The number of fused-ring (bicyclic) bond motifs is 4. The van der Waals surface area contributed by atoms with Gasteiger partial charge in [0, 0.05) is 18.1 Å². The Labute approximate surface area is 228 Å². The lowest BCUT2D eigenvalue weighted by molar-refractivity contribution is 0.0735. The van der Waals surface area contributed by atoms with Crippen LogP contribution in [0.3, 0.4) is 0 Å². The topological polar surface area (TPSA) is 60.4 Å². The first-order valence-electron chi connectivity index (χ1n) is 13.4. The van der Waals surface area contributed by atoms with Crippen molar-refractivity contribution in [3.63, 3.8) is 0 Å². The monoisotopic (exact) mass is 520 g/mol. The van der Waals surface area contributed by atoms with Crippen molar-refractivity contribution in [3.8, 4) is 17.2 Å². The highest BCUT2D eigenvalue weighted by Gasteiger charge is 2.58. The van der Waals surface area contributed by atoms with Crippen molar-refractivity contribution < 1.29 is 19.0 Å². The lowest BCUT2D eigenvalue weighted by atomic mass is 9.77. The number of carbonyl (C=O) groups excluding carboxylic acids is 1. The zero-order chi connectivity index (χ0) is 27.2. The van der Waals surface area contributed by atoms with Crippen LogP contribution in [0.15, 0.2) is 83.9 Å². The van der Waals surface area contributed by atoms with E-state index >= 15 is 0 Å². The highest BCUT2D eigenvalue weighted by atomic mass is 16.5. The maximum atomic E-state index is 12.9. The average Bonchev–Trinajstić information content (AvgIpc) is 3.11. The third-order valence-electron chi connectivity index (χ3n) is 7.96. The van der Waals surface area contributed by atoms with E-state index in [1.807, 2.05) is 43.6 Å². The molecule has 6 rings (SSSR count). The molecule has 198 valence electrons. The van der Waals surface area contributed by atoms with E-state index in [2.05, 4.69) is 43.9 Å². The van der Waals surface area contributed by atoms with Gasteiger partial charge in [-0.1, -0.05) is 43.7 Å². The van der Waals surface area contributed by atoms with Gasteiger partial charge in [0.25, 0.3) is 0 Å². The van der Waals surface area contributed by atoms with Crippen LogP contribution in [0.4, 0.5) is 11.4 Å². The maximum absolute atomic E-state index is 12.9. The Kier molecular flexibility index (Phi) is 6.06. The smallest absolute Gasteiger partial charge is 0.343 e. The summed E-state index contributed by atoms with van der Waals surface area (Å²) >= 11 is 0. The van der Waals surface area contributed by atoms with Gasteiger partial charge in [-0.3, -0.25) is 4.99 Å². The van der Waals surface area contributed by atoms with E-state index in [1.165, 1.54) is 5.56 Å². The van der Waals surface area contributed by atoms with E-state index in [0.717, 1.165) is 40.7 Å². The number of nitrogens with zero attached hydrogens (tertiary/aromatic N) is 2. The van der Waals surface area contributed by atoms with E-state index < -0.39 is 11.7 Å². The summed E-state index contributed by atoms with van der Waals surface area (Å²) in [5.74, 6) is 1.46. The molecule has 0 bridgehead atoms. The lowest BCUT2D eigenvalue weighted by Gasteiger charge is -2.45. The Morgan fingerprint density at radius 2 is 1.72 bits per heavy atom. The van der Waals surface area contributed by atoms with E-state index in [0.29, 0.717) is 23.7 Å². The summed E-state index contributed by atoms with van der Waals surface area (Å²) in [6.07, 6.45) is 3.98. The molecule has 1 unspecified atom stereocenters. The quantitative estimate of drug-likeness (QED) is 0.150. The summed E-state index contributed by atoms with van der Waals surface area (Å²) in [5.41, 5.74) is 2.45. The highest BCUT2D eigenvalue weighted by molar-refractivity contribution is 6.01. The number of anilines is 1. The molecule has 0 radical (unpaired) electrons. The summed E-state index contributed by atoms with van der Waals surface area (Å²) < 4.78 is 18.2. The van der Waals surface area contributed by atoms with E-state index in [-0.39, 0.29) is 5.41 Å². The van der Waals surface area contributed by atoms with E-state index in [9.17, 15) is 4.79 Å². The third-order valence-corrected chi connectivity index (χ3v) is 7.96. The first-order chi connectivity index (χ1) is 18.8. The van der Waals surface area contributed by atoms with Gasteiger partial charge in [-0.05, 0) is 79.7 Å². The van der Waals surface area contributed by atoms with Crippen molar-refractivity contribution in [3.05, 3.63) is 90.0 Å². The summed E-state index contributed by atoms with van der Waals surface area (Å²) in [7, 11) is 2.05. The van der Waals surface area contributed by atoms with Gasteiger partial charge in [0.15, 0.2) is 0 Å². The van der Waals surface area contributed by atoms with Crippen molar-refractivity contribution in [2.45, 2.75) is 44.8 Å². The van der Waals surface area contributed by atoms with Gasteiger partial charge in [0.2, 0.25) is 5.72 Å². The van der Waals surface area contributed by atoms with Gasteiger partial charge >= 0.3 is 5.97 Å². The fourth-order valence-corrected chi connectivity index (χ4v) is 5.61. The second-order valence-electron chi connectivity index (χ2n) is 10.7. The van der Waals surface area contributed by atoms with Crippen molar-refractivity contribution in [2.75, 3.05) is 18.6 Å². The number of rotatable bonds is 6. The summed E-state index contributed by atoms with van der Waals surface area (Å²) in [6.45, 7) is 7.16. The number of carbonyl (C=O) groups is 1. The first-order valence-corrected chi connectivity index (χ1v) is 13.4. The van der Waals surface area contributed by atoms with Crippen molar-refractivity contribution in [1.29, 1.82) is 0 Å². The van der Waals surface area contributed by atoms with Crippen molar-refractivity contribution in [2.24, 2.45) is 4.99 Å². The minimum absolute atomic E-state index is 0.331.